The summed E-state index contributed by atoms with van der Waals surface area (Å²) in [5.41, 5.74) is 8.98. The number of carboxylic acids is 3. The minimum atomic E-state index is -2.01. The molecule has 12 N–H and O–H groups in total. The Morgan fingerprint density at radius 1 is 0.348 bits per heavy atom. The molecule has 0 spiro atoms. The van der Waals surface area contributed by atoms with Crippen molar-refractivity contribution in [3.05, 3.63) is 180 Å². The molecule has 7 heterocycles. The molecule has 0 radical (unpaired) electrons. The van der Waals surface area contributed by atoms with Crippen molar-refractivity contribution in [1.82, 2.24) is 24.9 Å². The molecule has 25 nitrogen and oxygen atoms in total. The van der Waals surface area contributed by atoms with E-state index >= 15 is 0 Å². The van der Waals surface area contributed by atoms with Crippen LogP contribution in [0.15, 0.2) is 152 Å². The Kier molecular flexibility index (Phi) is 20.9. The van der Waals surface area contributed by atoms with Gasteiger partial charge in [-0.15, -0.1) is 0 Å². The van der Waals surface area contributed by atoms with Gasteiger partial charge in [0.25, 0.3) is 0 Å². The summed E-state index contributed by atoms with van der Waals surface area (Å²) in [4.78, 5) is 105. The van der Waals surface area contributed by atoms with Gasteiger partial charge in [0.15, 0.2) is 30.7 Å². The highest BCUT2D eigenvalue weighted by Crippen LogP contribution is 2.33. The maximum Gasteiger partial charge on any atom is 0.337 e. The summed E-state index contributed by atoms with van der Waals surface area (Å²) in [5, 5.41) is 68.3. The molecule has 12 rings (SSSR count). The Bertz CT molecular complexity index is 4240. The molecule has 0 saturated carbocycles. The van der Waals surface area contributed by atoms with Crippen molar-refractivity contribution >= 4 is 96.3 Å². The van der Waals surface area contributed by atoms with E-state index in [9.17, 15) is 38.7 Å². The van der Waals surface area contributed by atoms with E-state index < -0.39 is 103 Å². The maximum absolute atomic E-state index is 13.9. The number of aromatic nitrogens is 5. The number of aliphatic carboxylic acids is 3. The number of H-pyrrole nitrogens is 5. The fourth-order valence-corrected chi connectivity index (χ4v) is 11.3. The van der Waals surface area contributed by atoms with Gasteiger partial charge in [-0.25, -0.2) is 9.59 Å². The number of benzene rings is 5. The number of aryl methyl sites for hydroxylation is 5. The van der Waals surface area contributed by atoms with Gasteiger partial charge in [0.1, 0.15) is 18.3 Å². The van der Waals surface area contributed by atoms with Gasteiger partial charge in [-0.05, 0) is 90.3 Å². The van der Waals surface area contributed by atoms with Crippen molar-refractivity contribution in [1.29, 1.82) is 0 Å². The third-order valence-electron chi connectivity index (χ3n) is 16.0. The van der Waals surface area contributed by atoms with Crippen molar-refractivity contribution < 1.29 is 97.7 Å². The van der Waals surface area contributed by atoms with E-state index in [0.717, 1.165) is 82.3 Å². The van der Waals surface area contributed by atoms with Crippen LogP contribution in [0.5, 0.6) is 0 Å². The largest absolute Gasteiger partial charge is 0.481 e. The molecule has 0 aliphatic carbocycles. The van der Waals surface area contributed by atoms with E-state index in [-0.39, 0.29) is 57.8 Å². The highest BCUT2D eigenvalue weighted by Gasteiger charge is 2.56. The van der Waals surface area contributed by atoms with Crippen LogP contribution in [-0.4, -0.2) is 164 Å². The number of nitrogens with one attached hydrogen (secondary N) is 5. The number of carbonyl (C=O) groups excluding carboxylic acids is 4. The number of hydrogen-bond donors (Lipinski definition) is 12. The van der Waals surface area contributed by atoms with Gasteiger partial charge in [-0.3, -0.25) is 24.0 Å². The number of aliphatic hydroxyl groups excluding tert-OH is 4. The minimum Gasteiger partial charge on any atom is -0.481 e. The van der Waals surface area contributed by atoms with Gasteiger partial charge in [-0.1, -0.05) is 91.0 Å². The molecule has 5 aromatic carbocycles. The van der Waals surface area contributed by atoms with Crippen molar-refractivity contribution in [2.24, 2.45) is 0 Å². The molecular weight excluding hydrogens is 1190 g/mol. The molecule has 2 aliphatic rings. The first-order chi connectivity index (χ1) is 44.4. The maximum atomic E-state index is 13.9. The average Bonchev–Trinajstić information content (AvgIpc) is 1.27. The van der Waals surface area contributed by atoms with Gasteiger partial charge in [0.05, 0.1) is 0 Å². The van der Waals surface area contributed by atoms with Crippen LogP contribution in [0.2, 0.25) is 0 Å². The Balaban J connectivity index is 0.000000281. The van der Waals surface area contributed by atoms with E-state index in [1.54, 1.807) is 24.8 Å². The molecule has 25 heteroatoms. The fraction of sp³-hybridized carbons (Fsp3) is 0.299. The minimum absolute atomic E-state index is 0.165. The predicted molar refractivity (Wildman–Crippen MR) is 329 cm³/mol. The lowest BCUT2D eigenvalue weighted by Gasteiger charge is -2.42. The van der Waals surface area contributed by atoms with Crippen molar-refractivity contribution in [2.75, 3.05) is 0 Å². The summed E-state index contributed by atoms with van der Waals surface area (Å²) >= 11 is 0. The predicted octanol–water partition coefficient (Wildman–Crippen LogP) is 6.59. The van der Waals surface area contributed by atoms with Crippen molar-refractivity contribution in [3.63, 3.8) is 0 Å². The van der Waals surface area contributed by atoms with E-state index in [4.69, 9.17) is 54.3 Å². The lowest BCUT2D eigenvalue weighted by Crippen LogP contribution is -2.64. The van der Waals surface area contributed by atoms with Crippen LogP contribution in [0.4, 0.5) is 0 Å². The van der Waals surface area contributed by atoms with E-state index in [1.807, 2.05) is 128 Å². The summed E-state index contributed by atoms with van der Waals surface area (Å²) < 4.78 is 34.1. The third-order valence-corrected chi connectivity index (χ3v) is 16.0. The molecule has 480 valence electrons. The normalized spacial score (nSPS) is 21.2. The molecule has 2 unspecified atom stereocenters. The molecule has 10 aromatic rings. The zero-order valence-electron chi connectivity index (χ0n) is 49.2. The molecular formula is C67H67N5O20. The van der Waals surface area contributed by atoms with Gasteiger partial charge in [-0.2, -0.15) is 0 Å². The summed E-state index contributed by atoms with van der Waals surface area (Å²) in [6.07, 6.45) is -7.93. The Morgan fingerprint density at radius 2 is 0.652 bits per heavy atom. The standard InChI is InChI=1S/C50H46N4O11.C11H11NO2.C6H10O7/c55-41(21-17-29-25-51-37-13-5-1-9-33(29)37)61-45-46(62-42(56)22-18-30-26-52-38-14-6-2-10-34(30)38)48(63-43(57)23-19-31-27-53-39-15-7-3-11-35(31)39)50(65-47(45)49(59)60)64-44(58)24-20-32-28-54-40-16-8-4-12-36(32)40;13-11(14)6-5-8-7-12-10-4-2-1-3-9(8)10;7-1-2(8)4(5(10)11)13-6(12)3(1)9/h1-16,25-28,45-48,50-54H,17-24H2,(H,59,60);1-4,7,12H,5-6H2,(H,13,14);1-4,6-9,12H,(H,10,11)/t45-,46-,47-,48+,50?;;1-,2-,3+,4-,6?/m0.0/s1. The van der Waals surface area contributed by atoms with Gasteiger partial charge >= 0.3 is 41.8 Å². The molecule has 10 atom stereocenters. The SMILES string of the molecule is O=C(CCc1c[nH]c2ccccc12)OC1O[C@H](C(=O)O)[C@@H](OC(=O)CCc2c[nH]c3ccccc23)[C@H](OC(=O)CCc2c[nH]c3ccccc23)[C@H]1OC(=O)CCc1c[nH]c2ccccc12.O=C(O)CCc1c[nH]c2ccccc12.O=C(O)[C@H]1OC(O)[C@H](O)[C@@H](O)[C@@H]1O. The number of aromatic amines is 5. The van der Waals surface area contributed by atoms with Crippen molar-refractivity contribution in [3.8, 4) is 0 Å². The Hall–Kier alpha value is -10.2. The number of carbonyl (C=O) groups is 7. The van der Waals surface area contributed by atoms with Crippen LogP contribution in [0, 0.1) is 0 Å². The fourth-order valence-electron chi connectivity index (χ4n) is 11.3. The first-order valence-electron chi connectivity index (χ1n) is 29.6. The Morgan fingerprint density at radius 3 is 0.989 bits per heavy atom. The molecule has 0 amide bonds. The average molecular weight is 1260 g/mol. The number of esters is 4. The van der Waals surface area contributed by atoms with E-state index in [0.29, 0.717) is 6.42 Å². The smallest absolute Gasteiger partial charge is 0.337 e. The first kappa shape index (κ1) is 64.8. The second-order valence-corrected chi connectivity index (χ2v) is 22.1. The van der Waals surface area contributed by atoms with Gasteiger partial charge in [0, 0.05) is 118 Å². The molecule has 2 saturated heterocycles. The number of hydrogen-bond acceptors (Lipinski definition) is 17. The zero-order valence-corrected chi connectivity index (χ0v) is 49.2. The van der Waals surface area contributed by atoms with Crippen molar-refractivity contribution in [2.45, 2.75) is 126 Å². The van der Waals surface area contributed by atoms with Crippen LogP contribution in [-0.2, 0) is 94.1 Å². The second-order valence-electron chi connectivity index (χ2n) is 22.1. The summed E-state index contributed by atoms with van der Waals surface area (Å²) in [6, 6.07) is 38.2. The number of rotatable bonds is 21. The number of carboxylic acid groups (broad SMARTS) is 3. The first-order valence-corrected chi connectivity index (χ1v) is 29.6. The summed E-state index contributed by atoms with van der Waals surface area (Å²) in [7, 11) is 0. The number of fused-ring (bicyclic) bond motifs is 5. The summed E-state index contributed by atoms with van der Waals surface area (Å²) in [5.74, 6) is -7.09. The molecule has 2 fully saturated rings. The van der Waals surface area contributed by atoms with E-state index in [1.165, 1.54) is 0 Å². The Labute approximate surface area is 522 Å². The third kappa shape index (κ3) is 15.5. The molecule has 5 aromatic heterocycles. The van der Waals surface area contributed by atoms with Crippen LogP contribution in [0.1, 0.15) is 59.9 Å². The van der Waals surface area contributed by atoms with Crippen LogP contribution >= 0.6 is 0 Å². The highest BCUT2D eigenvalue weighted by atomic mass is 16.7. The monoisotopic (exact) mass is 1260 g/mol. The zero-order chi connectivity index (χ0) is 65.0. The molecule has 2 aliphatic heterocycles. The molecule has 92 heavy (non-hydrogen) atoms. The highest BCUT2D eigenvalue weighted by molar-refractivity contribution is 5.88. The number of ether oxygens (including phenoxy) is 6. The van der Waals surface area contributed by atoms with Gasteiger partial charge in [0.2, 0.25) is 12.4 Å². The molecule has 0 bridgehead atoms. The van der Waals surface area contributed by atoms with Crippen LogP contribution in [0.25, 0.3) is 54.5 Å². The van der Waals surface area contributed by atoms with Crippen LogP contribution in [0.3, 0.4) is 0 Å². The topological polar surface area (TPSA) is 395 Å². The lowest BCUT2D eigenvalue weighted by atomic mass is 9.97. The lowest BCUT2D eigenvalue weighted by molar-refractivity contribution is -0.295. The quantitative estimate of drug-likeness (QED) is 0.0267. The number of para-hydroxylation sites is 5. The second kappa shape index (κ2) is 29.7. The van der Waals surface area contributed by atoms with E-state index in [2.05, 4.69) is 29.7 Å². The number of aliphatic hydroxyl groups is 4. The van der Waals surface area contributed by atoms with Gasteiger partial charge < -0.3 is 89.1 Å². The summed E-state index contributed by atoms with van der Waals surface area (Å²) in [6.45, 7) is 0. The van der Waals surface area contributed by atoms with Crippen LogP contribution < -0.4 is 0 Å².